The molecule has 0 aromatic heterocycles. The Morgan fingerprint density at radius 3 is 2.00 bits per heavy atom. The fourth-order valence-corrected chi connectivity index (χ4v) is 6.05. The average Bonchev–Trinajstić information content (AvgIpc) is 2.70. The number of carbonyl (C=O) groups excluding carboxylic acids is 3. The average molecular weight is 396 g/mol. The summed E-state index contributed by atoms with van der Waals surface area (Å²) >= 11 is 0. The van der Waals surface area contributed by atoms with Gasteiger partial charge in [-0.1, -0.05) is 36.9 Å². The second-order valence-corrected chi connectivity index (χ2v) is 9.26. The molecule has 5 nitrogen and oxygen atoms in total. The Kier molecular flexibility index (Phi) is 4.88. The van der Waals surface area contributed by atoms with Crippen LogP contribution in [-0.2, 0) is 29.3 Å². The molecule has 1 aromatic carbocycles. The zero-order valence-electron chi connectivity index (χ0n) is 17.1. The molecular formula is C24H28O5. The van der Waals surface area contributed by atoms with Crippen molar-refractivity contribution in [1.82, 2.24) is 0 Å². The lowest BCUT2D eigenvalue weighted by Gasteiger charge is -2.56. The molecule has 1 atom stereocenters. The largest absolute Gasteiger partial charge is 0.463 e. The maximum Gasteiger partial charge on any atom is 0.375 e. The van der Waals surface area contributed by atoms with Gasteiger partial charge in [0.2, 0.25) is 0 Å². The van der Waals surface area contributed by atoms with E-state index in [1.54, 1.807) is 30.3 Å². The first-order chi connectivity index (χ1) is 13.8. The highest BCUT2D eigenvalue weighted by molar-refractivity contribution is 6.41. The second kappa shape index (κ2) is 7.12. The summed E-state index contributed by atoms with van der Waals surface area (Å²) in [4.78, 5) is 38.6. The Labute approximate surface area is 171 Å². The van der Waals surface area contributed by atoms with E-state index in [0.29, 0.717) is 23.3 Å². The van der Waals surface area contributed by atoms with E-state index >= 15 is 0 Å². The van der Waals surface area contributed by atoms with Crippen LogP contribution in [0.5, 0.6) is 0 Å². The Bertz CT molecular complexity index is 817. The molecule has 0 amide bonds. The number of methoxy groups -OCH3 is 1. The van der Waals surface area contributed by atoms with Crippen molar-refractivity contribution in [3.05, 3.63) is 42.0 Å². The molecule has 0 spiro atoms. The molecule has 4 aliphatic carbocycles. The molecule has 5 rings (SSSR count). The molecule has 4 bridgehead atoms. The number of ether oxygens (including phenoxy) is 2. The van der Waals surface area contributed by atoms with Crippen LogP contribution in [0.15, 0.2) is 30.8 Å². The lowest BCUT2D eigenvalue weighted by molar-refractivity contribution is -0.193. The number of carbonyl (C=O) groups is 3. The number of esters is 2. The van der Waals surface area contributed by atoms with Gasteiger partial charge in [-0.25, -0.2) is 4.79 Å². The summed E-state index contributed by atoms with van der Waals surface area (Å²) in [6.45, 7) is 5.19. The summed E-state index contributed by atoms with van der Waals surface area (Å²) in [5.74, 6) is -0.791. The van der Waals surface area contributed by atoms with E-state index < -0.39 is 28.7 Å². The zero-order valence-corrected chi connectivity index (χ0v) is 17.1. The van der Waals surface area contributed by atoms with E-state index in [4.69, 9.17) is 4.74 Å². The SMILES string of the molecule is C=Cc1ccc([C@@](C)(C(=O)OC23CC4CC(CC(C4)C2)C3)C(=O)C(=O)OC)cc1. The topological polar surface area (TPSA) is 69.7 Å². The van der Waals surface area contributed by atoms with Crippen LogP contribution in [0.3, 0.4) is 0 Å². The smallest absolute Gasteiger partial charge is 0.375 e. The van der Waals surface area contributed by atoms with Crippen LogP contribution in [-0.4, -0.2) is 30.4 Å². The standard InChI is InChI=1S/C24H28O5/c1-4-15-5-7-19(8-6-15)23(2,20(25)21(26)28-3)22(27)29-24-12-16-9-17(13-24)11-18(10-16)14-24/h4-8,16-18H,1,9-14H2,2-3H3/t16?,17?,18?,23-,24?/m1/s1. The van der Waals surface area contributed by atoms with Crippen molar-refractivity contribution in [2.24, 2.45) is 17.8 Å². The van der Waals surface area contributed by atoms with Gasteiger partial charge < -0.3 is 9.47 Å². The number of rotatable bonds is 6. The van der Waals surface area contributed by atoms with Crippen molar-refractivity contribution in [2.45, 2.75) is 56.5 Å². The minimum Gasteiger partial charge on any atom is -0.463 e. The van der Waals surface area contributed by atoms with E-state index in [2.05, 4.69) is 11.3 Å². The fraction of sp³-hybridized carbons (Fsp3) is 0.542. The summed E-state index contributed by atoms with van der Waals surface area (Å²) < 4.78 is 10.8. The van der Waals surface area contributed by atoms with Crippen molar-refractivity contribution in [1.29, 1.82) is 0 Å². The van der Waals surface area contributed by atoms with Crippen molar-refractivity contribution in [3.8, 4) is 0 Å². The maximum absolute atomic E-state index is 13.5. The molecule has 154 valence electrons. The molecule has 0 saturated heterocycles. The summed E-state index contributed by atoms with van der Waals surface area (Å²) in [7, 11) is 1.14. The molecule has 4 aliphatic rings. The van der Waals surface area contributed by atoms with Gasteiger partial charge in [0.1, 0.15) is 5.60 Å². The van der Waals surface area contributed by atoms with Gasteiger partial charge in [-0.3, -0.25) is 9.59 Å². The van der Waals surface area contributed by atoms with E-state index in [9.17, 15) is 14.4 Å². The van der Waals surface area contributed by atoms with Crippen LogP contribution in [0.25, 0.3) is 6.08 Å². The van der Waals surface area contributed by atoms with Gasteiger partial charge in [0.15, 0.2) is 5.41 Å². The lowest BCUT2D eigenvalue weighted by Crippen LogP contribution is -2.56. The Morgan fingerprint density at radius 2 is 1.55 bits per heavy atom. The molecule has 4 fully saturated rings. The third kappa shape index (κ3) is 3.30. The van der Waals surface area contributed by atoms with Gasteiger partial charge in [-0.05, 0) is 74.3 Å². The third-order valence-electron chi connectivity index (χ3n) is 7.25. The molecule has 0 N–H and O–H groups in total. The van der Waals surface area contributed by atoms with Gasteiger partial charge in [0.25, 0.3) is 5.78 Å². The fourth-order valence-electron chi connectivity index (χ4n) is 6.05. The number of hydrogen-bond donors (Lipinski definition) is 0. The monoisotopic (exact) mass is 396 g/mol. The normalized spacial score (nSPS) is 31.6. The minimum atomic E-state index is -1.74. The molecule has 0 unspecified atom stereocenters. The number of ketones is 1. The summed E-state index contributed by atoms with van der Waals surface area (Å²) in [6.07, 6.45) is 7.93. The van der Waals surface area contributed by atoms with Gasteiger partial charge in [-0.2, -0.15) is 0 Å². The number of Topliss-reactive ketones (excluding diaryl/α,β-unsaturated/α-hetero) is 1. The van der Waals surface area contributed by atoms with Crippen LogP contribution >= 0.6 is 0 Å². The Balaban J connectivity index is 1.67. The highest BCUT2D eigenvalue weighted by Crippen LogP contribution is 2.57. The van der Waals surface area contributed by atoms with E-state index in [-0.39, 0.29) is 0 Å². The first-order valence-corrected chi connectivity index (χ1v) is 10.4. The lowest BCUT2D eigenvalue weighted by atomic mass is 9.54. The molecule has 0 heterocycles. The first kappa shape index (κ1) is 19.9. The molecule has 4 saturated carbocycles. The maximum atomic E-state index is 13.5. The van der Waals surface area contributed by atoms with Crippen LogP contribution in [0, 0.1) is 17.8 Å². The number of hydrogen-bond acceptors (Lipinski definition) is 5. The van der Waals surface area contributed by atoms with Crippen LogP contribution in [0.4, 0.5) is 0 Å². The zero-order chi connectivity index (χ0) is 20.8. The van der Waals surface area contributed by atoms with Gasteiger partial charge in [-0.15, -0.1) is 0 Å². The van der Waals surface area contributed by atoms with E-state index in [0.717, 1.165) is 31.9 Å². The van der Waals surface area contributed by atoms with Crippen molar-refractivity contribution >= 4 is 23.8 Å². The Hall–Kier alpha value is -2.43. The number of benzene rings is 1. The molecule has 1 aromatic rings. The predicted octanol–water partition coefficient (Wildman–Crippen LogP) is 3.84. The third-order valence-corrected chi connectivity index (χ3v) is 7.25. The summed E-state index contributed by atoms with van der Waals surface area (Å²) in [5.41, 5.74) is -0.954. The minimum absolute atomic E-state index is 0.424. The molecular weight excluding hydrogens is 368 g/mol. The van der Waals surface area contributed by atoms with Crippen molar-refractivity contribution in [2.75, 3.05) is 7.11 Å². The molecule has 0 aliphatic heterocycles. The van der Waals surface area contributed by atoms with Gasteiger partial charge in [0, 0.05) is 0 Å². The molecule has 29 heavy (non-hydrogen) atoms. The quantitative estimate of drug-likeness (QED) is 0.415. The molecule has 0 radical (unpaired) electrons. The van der Waals surface area contributed by atoms with Gasteiger partial charge >= 0.3 is 11.9 Å². The Morgan fingerprint density at radius 1 is 1.03 bits per heavy atom. The first-order valence-electron chi connectivity index (χ1n) is 10.4. The summed E-state index contributed by atoms with van der Waals surface area (Å²) in [5, 5.41) is 0. The van der Waals surface area contributed by atoms with Crippen LogP contribution < -0.4 is 0 Å². The van der Waals surface area contributed by atoms with Crippen LogP contribution in [0.2, 0.25) is 0 Å². The highest BCUT2D eigenvalue weighted by Gasteiger charge is 2.56. The highest BCUT2D eigenvalue weighted by atomic mass is 16.6. The van der Waals surface area contributed by atoms with E-state index in [1.807, 2.05) is 0 Å². The summed E-state index contributed by atoms with van der Waals surface area (Å²) in [6, 6.07) is 6.89. The second-order valence-electron chi connectivity index (χ2n) is 9.26. The van der Waals surface area contributed by atoms with Crippen molar-refractivity contribution < 1.29 is 23.9 Å². The predicted molar refractivity (Wildman–Crippen MR) is 108 cm³/mol. The molecule has 5 heteroatoms. The van der Waals surface area contributed by atoms with Crippen molar-refractivity contribution in [3.63, 3.8) is 0 Å². The van der Waals surface area contributed by atoms with E-state index in [1.165, 1.54) is 26.2 Å². The van der Waals surface area contributed by atoms with Crippen LogP contribution in [0.1, 0.15) is 56.6 Å². The van der Waals surface area contributed by atoms with Gasteiger partial charge in [0.05, 0.1) is 7.11 Å².